The molecule has 1 unspecified atom stereocenters. The highest BCUT2D eigenvalue weighted by Crippen LogP contribution is 2.33. The second-order valence-corrected chi connectivity index (χ2v) is 7.50. The first-order chi connectivity index (χ1) is 12.7. The van der Waals surface area contributed by atoms with E-state index in [1.165, 1.54) is 12.8 Å². The zero-order valence-corrected chi connectivity index (χ0v) is 15.7. The molecule has 0 saturated carbocycles. The van der Waals surface area contributed by atoms with E-state index in [0.717, 1.165) is 69.5 Å². The summed E-state index contributed by atoms with van der Waals surface area (Å²) in [6.45, 7) is 5.91. The Bertz CT molecular complexity index is 648. The molecule has 2 fully saturated rings. The maximum Gasteiger partial charge on any atom is 0.234 e. The molecule has 26 heavy (non-hydrogen) atoms. The maximum absolute atomic E-state index is 12.1. The molecule has 3 rings (SSSR count). The Morgan fingerprint density at radius 2 is 1.92 bits per heavy atom. The van der Waals surface area contributed by atoms with Crippen molar-refractivity contribution in [1.29, 1.82) is 5.26 Å². The monoisotopic (exact) mass is 355 g/mol. The summed E-state index contributed by atoms with van der Waals surface area (Å²) in [7, 11) is 0. The van der Waals surface area contributed by atoms with Gasteiger partial charge in [0.25, 0.3) is 0 Å². The summed E-state index contributed by atoms with van der Waals surface area (Å²) < 4.78 is 0. The molecule has 2 aliphatic rings. The number of amides is 1. The number of carbonyl (C=O) groups is 1. The minimum Gasteiger partial charge on any atom is -0.356 e. The van der Waals surface area contributed by atoms with Crippen LogP contribution < -0.4 is 4.90 Å². The van der Waals surface area contributed by atoms with Crippen molar-refractivity contribution in [3.63, 3.8) is 0 Å². The van der Waals surface area contributed by atoms with Crippen LogP contribution in [0.4, 0.5) is 5.82 Å². The van der Waals surface area contributed by atoms with Crippen LogP contribution in [-0.2, 0) is 4.79 Å². The van der Waals surface area contributed by atoms with E-state index in [1.54, 1.807) is 6.20 Å². The van der Waals surface area contributed by atoms with Crippen molar-refractivity contribution in [2.75, 3.05) is 31.1 Å². The van der Waals surface area contributed by atoms with E-state index in [0.29, 0.717) is 12.3 Å². The lowest BCUT2D eigenvalue weighted by Gasteiger charge is -2.36. The van der Waals surface area contributed by atoms with E-state index in [2.05, 4.69) is 26.7 Å². The third-order valence-corrected chi connectivity index (χ3v) is 5.86. The van der Waals surface area contributed by atoms with Crippen LogP contribution in [-0.4, -0.2) is 47.0 Å². The molecular weight excluding hydrogens is 326 g/mol. The summed E-state index contributed by atoms with van der Waals surface area (Å²) in [5.41, 5.74) is 0. The molecule has 0 bridgehead atoms. The Hall–Kier alpha value is -2.16. The van der Waals surface area contributed by atoms with Crippen LogP contribution in [0.3, 0.4) is 0 Å². The van der Waals surface area contributed by atoms with E-state index >= 15 is 0 Å². The van der Waals surface area contributed by atoms with Gasteiger partial charge in [0.1, 0.15) is 11.9 Å². The van der Waals surface area contributed by atoms with E-state index in [4.69, 9.17) is 5.26 Å². The Morgan fingerprint density at radius 1 is 1.19 bits per heavy atom. The molecule has 1 amide bonds. The van der Waals surface area contributed by atoms with E-state index in [9.17, 15) is 4.79 Å². The molecule has 3 heterocycles. The van der Waals surface area contributed by atoms with Crippen molar-refractivity contribution in [3.05, 3.63) is 18.1 Å². The molecule has 0 N–H and O–H groups in total. The molecule has 1 atom stereocenters. The van der Waals surface area contributed by atoms with Crippen LogP contribution in [0, 0.1) is 23.2 Å². The molecular formula is C20H29N5O. The SMILES string of the molecule is CCCC(=O)N1CCC(C2CCCN(c3ccnc(C#N)n3)CC2)CC1. The molecule has 1 aromatic heterocycles. The zero-order chi connectivity index (χ0) is 18.4. The summed E-state index contributed by atoms with van der Waals surface area (Å²) in [6.07, 6.45) is 9.16. The van der Waals surface area contributed by atoms with Crippen molar-refractivity contribution >= 4 is 11.7 Å². The van der Waals surface area contributed by atoms with Crippen LogP contribution in [0.2, 0.25) is 0 Å². The first-order valence-electron chi connectivity index (χ1n) is 9.97. The Balaban J connectivity index is 1.53. The van der Waals surface area contributed by atoms with Gasteiger partial charge < -0.3 is 9.80 Å². The predicted octanol–water partition coefficient (Wildman–Crippen LogP) is 2.99. The number of anilines is 1. The molecule has 6 heteroatoms. The minimum atomic E-state index is 0.243. The van der Waals surface area contributed by atoms with Gasteiger partial charge in [0.2, 0.25) is 11.7 Å². The molecule has 0 aromatic carbocycles. The van der Waals surface area contributed by atoms with Crippen molar-refractivity contribution in [2.45, 2.75) is 51.9 Å². The first-order valence-corrected chi connectivity index (χ1v) is 9.97. The van der Waals surface area contributed by atoms with E-state index in [-0.39, 0.29) is 5.82 Å². The molecule has 6 nitrogen and oxygen atoms in total. The zero-order valence-electron chi connectivity index (χ0n) is 15.7. The second kappa shape index (κ2) is 8.98. The van der Waals surface area contributed by atoms with Crippen molar-refractivity contribution in [3.8, 4) is 6.07 Å². The lowest BCUT2D eigenvalue weighted by molar-refractivity contribution is -0.132. The number of nitriles is 1. The Labute approximate surface area is 156 Å². The van der Waals surface area contributed by atoms with Crippen molar-refractivity contribution in [1.82, 2.24) is 14.9 Å². The fourth-order valence-electron chi connectivity index (χ4n) is 4.39. The van der Waals surface area contributed by atoms with Gasteiger partial charge in [-0.25, -0.2) is 9.97 Å². The smallest absolute Gasteiger partial charge is 0.234 e. The van der Waals surface area contributed by atoms with Crippen LogP contribution in [0.25, 0.3) is 0 Å². The van der Waals surface area contributed by atoms with Crippen LogP contribution in [0.1, 0.15) is 57.7 Å². The largest absolute Gasteiger partial charge is 0.356 e. The van der Waals surface area contributed by atoms with Crippen LogP contribution >= 0.6 is 0 Å². The average molecular weight is 355 g/mol. The molecule has 140 valence electrons. The van der Waals surface area contributed by atoms with Gasteiger partial charge in [0.15, 0.2) is 0 Å². The van der Waals surface area contributed by atoms with Crippen LogP contribution in [0.5, 0.6) is 0 Å². The normalized spacial score (nSPS) is 21.9. The maximum atomic E-state index is 12.1. The summed E-state index contributed by atoms with van der Waals surface area (Å²) in [5.74, 6) is 2.92. The van der Waals surface area contributed by atoms with Gasteiger partial charge in [-0.3, -0.25) is 4.79 Å². The highest BCUT2D eigenvalue weighted by Gasteiger charge is 2.29. The number of hydrogen-bond donors (Lipinski definition) is 0. The standard InChI is InChI=1S/C20H29N5O/c1-2-4-20(26)25-13-8-17(9-14-25)16-5-3-11-24(12-7-16)19-6-10-22-18(15-21)23-19/h6,10,16-17H,2-5,7-9,11-14H2,1H3. The lowest BCUT2D eigenvalue weighted by Crippen LogP contribution is -2.40. The van der Waals surface area contributed by atoms with Gasteiger partial charge in [-0.05, 0) is 56.4 Å². The van der Waals surface area contributed by atoms with Gasteiger partial charge in [-0.1, -0.05) is 6.92 Å². The topological polar surface area (TPSA) is 73.1 Å². The van der Waals surface area contributed by atoms with E-state index < -0.39 is 0 Å². The van der Waals surface area contributed by atoms with Gasteiger partial charge in [-0.2, -0.15) is 5.26 Å². The van der Waals surface area contributed by atoms with E-state index in [1.807, 2.05) is 12.1 Å². The highest BCUT2D eigenvalue weighted by atomic mass is 16.2. The van der Waals surface area contributed by atoms with Crippen molar-refractivity contribution < 1.29 is 4.79 Å². The molecule has 0 aliphatic carbocycles. The van der Waals surface area contributed by atoms with Crippen molar-refractivity contribution in [2.24, 2.45) is 11.8 Å². The number of nitrogens with zero attached hydrogens (tertiary/aromatic N) is 5. The predicted molar refractivity (Wildman–Crippen MR) is 101 cm³/mol. The quantitative estimate of drug-likeness (QED) is 0.830. The Morgan fingerprint density at radius 3 is 2.65 bits per heavy atom. The number of piperidine rings is 1. The molecule has 2 saturated heterocycles. The van der Waals surface area contributed by atoms with Crippen LogP contribution in [0.15, 0.2) is 12.3 Å². The molecule has 0 radical (unpaired) electrons. The Kier molecular flexibility index (Phi) is 6.43. The first kappa shape index (κ1) is 18.6. The third-order valence-electron chi connectivity index (χ3n) is 5.86. The number of rotatable bonds is 4. The summed E-state index contributed by atoms with van der Waals surface area (Å²) in [4.78, 5) is 24.7. The summed E-state index contributed by atoms with van der Waals surface area (Å²) in [5, 5.41) is 9.00. The van der Waals surface area contributed by atoms with Gasteiger partial charge >= 0.3 is 0 Å². The second-order valence-electron chi connectivity index (χ2n) is 7.50. The number of likely N-dealkylation sites (tertiary alicyclic amines) is 1. The van der Waals surface area contributed by atoms with Gasteiger partial charge in [0, 0.05) is 38.8 Å². The lowest BCUT2D eigenvalue weighted by atomic mass is 9.80. The molecule has 1 aromatic rings. The number of hydrogen-bond acceptors (Lipinski definition) is 5. The number of aromatic nitrogens is 2. The molecule has 2 aliphatic heterocycles. The fourth-order valence-corrected chi connectivity index (χ4v) is 4.39. The minimum absolute atomic E-state index is 0.243. The molecule has 0 spiro atoms. The summed E-state index contributed by atoms with van der Waals surface area (Å²) >= 11 is 0. The van der Waals surface area contributed by atoms with Gasteiger partial charge in [0.05, 0.1) is 0 Å². The fraction of sp³-hybridized carbons (Fsp3) is 0.700. The summed E-state index contributed by atoms with van der Waals surface area (Å²) in [6, 6.07) is 3.93. The highest BCUT2D eigenvalue weighted by molar-refractivity contribution is 5.76. The number of carbonyl (C=O) groups excluding carboxylic acids is 1. The average Bonchev–Trinajstić information content (AvgIpc) is 2.94. The third kappa shape index (κ3) is 4.51. The van der Waals surface area contributed by atoms with Gasteiger partial charge in [-0.15, -0.1) is 0 Å².